The molecule has 1 saturated heterocycles. The molecule has 6 nitrogen and oxygen atoms in total. The highest BCUT2D eigenvalue weighted by molar-refractivity contribution is 5.77. The van der Waals surface area contributed by atoms with E-state index >= 15 is 0 Å². The van der Waals surface area contributed by atoms with Gasteiger partial charge >= 0.3 is 0 Å². The summed E-state index contributed by atoms with van der Waals surface area (Å²) in [5.74, 6) is -0.110. The van der Waals surface area contributed by atoms with Crippen molar-refractivity contribution in [2.45, 2.75) is 39.7 Å². The first-order chi connectivity index (χ1) is 9.85. The lowest BCUT2D eigenvalue weighted by Crippen LogP contribution is -2.58. The van der Waals surface area contributed by atoms with Crippen LogP contribution in [0.25, 0.3) is 0 Å². The molecule has 122 valence electrons. The van der Waals surface area contributed by atoms with Crippen LogP contribution in [-0.2, 0) is 9.59 Å². The third-order valence-electron chi connectivity index (χ3n) is 4.12. The molecule has 1 rings (SSSR count). The van der Waals surface area contributed by atoms with Crippen molar-refractivity contribution in [3.05, 3.63) is 0 Å². The summed E-state index contributed by atoms with van der Waals surface area (Å²) in [4.78, 5) is 27.4. The SMILES string of the molecule is CCN1CCN(C(C)(C)CNC(=O)CCNC(C)=O)CC1. The van der Waals surface area contributed by atoms with Crippen LogP contribution in [-0.4, -0.2) is 73.0 Å². The zero-order valence-electron chi connectivity index (χ0n) is 13.9. The standard InChI is InChI=1S/C15H30N4O2/c1-5-18-8-10-19(11-9-18)15(3,4)12-17-14(21)6-7-16-13(2)20/h5-12H2,1-4H3,(H,16,20)(H,17,21). The van der Waals surface area contributed by atoms with Gasteiger partial charge in [-0.15, -0.1) is 0 Å². The smallest absolute Gasteiger partial charge is 0.221 e. The summed E-state index contributed by atoms with van der Waals surface area (Å²) in [7, 11) is 0. The molecule has 2 amide bonds. The second-order valence-corrected chi connectivity index (χ2v) is 6.24. The molecule has 21 heavy (non-hydrogen) atoms. The number of likely N-dealkylation sites (N-methyl/N-ethyl adjacent to an activating group) is 1. The van der Waals surface area contributed by atoms with Gasteiger partial charge in [-0.3, -0.25) is 14.5 Å². The molecule has 1 aliphatic rings. The number of hydrogen-bond donors (Lipinski definition) is 2. The minimum atomic E-state index is -0.100. The maximum absolute atomic E-state index is 11.8. The maximum Gasteiger partial charge on any atom is 0.221 e. The molecule has 0 atom stereocenters. The first-order valence-corrected chi connectivity index (χ1v) is 7.83. The van der Waals surface area contributed by atoms with E-state index in [0.717, 1.165) is 32.7 Å². The minimum absolute atomic E-state index is 0.0102. The molecule has 0 radical (unpaired) electrons. The van der Waals surface area contributed by atoms with Gasteiger partial charge < -0.3 is 15.5 Å². The highest BCUT2D eigenvalue weighted by Gasteiger charge is 2.29. The zero-order valence-corrected chi connectivity index (χ0v) is 13.9. The van der Waals surface area contributed by atoms with E-state index in [2.05, 4.69) is 41.2 Å². The Balaban J connectivity index is 2.29. The van der Waals surface area contributed by atoms with Gasteiger partial charge in [0.05, 0.1) is 0 Å². The van der Waals surface area contributed by atoms with Crippen molar-refractivity contribution in [3.8, 4) is 0 Å². The van der Waals surface area contributed by atoms with Gasteiger partial charge in [-0.05, 0) is 20.4 Å². The van der Waals surface area contributed by atoms with Crippen LogP contribution >= 0.6 is 0 Å². The van der Waals surface area contributed by atoms with E-state index in [1.54, 1.807) is 0 Å². The predicted molar refractivity (Wildman–Crippen MR) is 84.1 cm³/mol. The Morgan fingerprint density at radius 3 is 2.24 bits per heavy atom. The fraction of sp³-hybridized carbons (Fsp3) is 0.867. The van der Waals surface area contributed by atoms with E-state index in [0.29, 0.717) is 19.5 Å². The van der Waals surface area contributed by atoms with Crippen LogP contribution in [0.4, 0.5) is 0 Å². The van der Waals surface area contributed by atoms with E-state index in [4.69, 9.17) is 0 Å². The molecule has 0 aromatic carbocycles. The molecule has 1 heterocycles. The molecule has 0 unspecified atom stereocenters. The summed E-state index contributed by atoms with van der Waals surface area (Å²) in [5.41, 5.74) is -0.0382. The third kappa shape index (κ3) is 6.44. The van der Waals surface area contributed by atoms with E-state index in [1.807, 2.05) is 0 Å². The summed E-state index contributed by atoms with van der Waals surface area (Å²) in [6, 6.07) is 0. The first-order valence-electron chi connectivity index (χ1n) is 7.83. The van der Waals surface area contributed by atoms with E-state index < -0.39 is 0 Å². The van der Waals surface area contributed by atoms with Crippen molar-refractivity contribution < 1.29 is 9.59 Å². The number of piperazine rings is 1. The van der Waals surface area contributed by atoms with Gasteiger partial charge in [0.25, 0.3) is 0 Å². The molecule has 0 aromatic heterocycles. The topological polar surface area (TPSA) is 64.7 Å². The Hall–Kier alpha value is -1.14. The lowest BCUT2D eigenvalue weighted by Gasteiger charge is -2.44. The molecule has 2 N–H and O–H groups in total. The number of carbonyl (C=O) groups excluding carboxylic acids is 2. The van der Waals surface area contributed by atoms with Crippen LogP contribution in [0.5, 0.6) is 0 Å². The first kappa shape index (κ1) is 17.9. The Morgan fingerprint density at radius 1 is 1.10 bits per heavy atom. The molecule has 0 saturated carbocycles. The summed E-state index contributed by atoms with van der Waals surface area (Å²) >= 11 is 0. The maximum atomic E-state index is 11.8. The summed E-state index contributed by atoms with van der Waals surface area (Å²) in [6.45, 7) is 14.4. The van der Waals surface area contributed by atoms with Gasteiger partial charge in [-0.2, -0.15) is 0 Å². The predicted octanol–water partition coefficient (Wildman–Crippen LogP) is 0.0449. The molecule has 0 aromatic rings. The Bertz CT molecular complexity index is 350. The highest BCUT2D eigenvalue weighted by Crippen LogP contribution is 2.16. The van der Waals surface area contributed by atoms with E-state index in [9.17, 15) is 9.59 Å². The molecule has 0 aliphatic carbocycles. The third-order valence-corrected chi connectivity index (χ3v) is 4.12. The van der Waals surface area contributed by atoms with Gasteiger partial charge in [0, 0.05) is 58.2 Å². The fourth-order valence-corrected chi connectivity index (χ4v) is 2.54. The normalized spacial score (nSPS) is 17.5. The number of amides is 2. The Labute approximate surface area is 128 Å². The molecule has 0 bridgehead atoms. The summed E-state index contributed by atoms with van der Waals surface area (Å²) in [6.07, 6.45) is 0.333. The lowest BCUT2D eigenvalue weighted by molar-refractivity contribution is -0.122. The molecular formula is C15H30N4O2. The van der Waals surface area contributed by atoms with Crippen LogP contribution in [0.15, 0.2) is 0 Å². The molecule has 1 aliphatic heterocycles. The van der Waals surface area contributed by atoms with Crippen LogP contribution in [0, 0.1) is 0 Å². The van der Waals surface area contributed by atoms with Crippen LogP contribution in [0.1, 0.15) is 34.1 Å². The fourth-order valence-electron chi connectivity index (χ4n) is 2.54. The van der Waals surface area contributed by atoms with Gasteiger partial charge in [-0.1, -0.05) is 6.92 Å². The lowest BCUT2D eigenvalue weighted by atomic mass is 10.0. The Kier molecular flexibility index (Phi) is 7.11. The second-order valence-electron chi connectivity index (χ2n) is 6.24. The quantitative estimate of drug-likeness (QED) is 0.697. The largest absolute Gasteiger partial charge is 0.356 e. The second kappa shape index (κ2) is 8.34. The molecular weight excluding hydrogens is 268 g/mol. The highest BCUT2D eigenvalue weighted by atomic mass is 16.2. The average molecular weight is 298 g/mol. The van der Waals surface area contributed by atoms with Crippen LogP contribution < -0.4 is 10.6 Å². The summed E-state index contributed by atoms with van der Waals surface area (Å²) in [5, 5.41) is 5.61. The van der Waals surface area contributed by atoms with Crippen LogP contribution in [0.2, 0.25) is 0 Å². The minimum Gasteiger partial charge on any atom is -0.356 e. The van der Waals surface area contributed by atoms with Gasteiger partial charge in [0.1, 0.15) is 0 Å². The number of hydrogen-bond acceptors (Lipinski definition) is 4. The van der Waals surface area contributed by atoms with Crippen LogP contribution in [0.3, 0.4) is 0 Å². The van der Waals surface area contributed by atoms with Crippen molar-refractivity contribution in [1.82, 2.24) is 20.4 Å². The zero-order chi connectivity index (χ0) is 15.9. The molecule has 6 heteroatoms. The average Bonchev–Trinajstić information content (AvgIpc) is 2.45. The van der Waals surface area contributed by atoms with Gasteiger partial charge in [0.2, 0.25) is 11.8 Å². The van der Waals surface area contributed by atoms with Gasteiger partial charge in [0.15, 0.2) is 0 Å². The van der Waals surface area contributed by atoms with Crippen molar-refractivity contribution in [2.24, 2.45) is 0 Å². The number of rotatable bonds is 7. The van der Waals surface area contributed by atoms with Crippen molar-refractivity contribution >= 4 is 11.8 Å². The van der Waals surface area contributed by atoms with E-state index in [-0.39, 0.29) is 17.4 Å². The number of nitrogens with one attached hydrogen (secondary N) is 2. The molecule has 1 fully saturated rings. The molecule has 0 spiro atoms. The number of nitrogens with zero attached hydrogens (tertiary/aromatic N) is 2. The van der Waals surface area contributed by atoms with Crippen molar-refractivity contribution in [1.29, 1.82) is 0 Å². The Morgan fingerprint density at radius 2 is 1.71 bits per heavy atom. The van der Waals surface area contributed by atoms with E-state index in [1.165, 1.54) is 6.92 Å². The monoisotopic (exact) mass is 298 g/mol. The number of carbonyl (C=O) groups is 2. The van der Waals surface area contributed by atoms with Crippen molar-refractivity contribution in [2.75, 3.05) is 45.8 Å². The van der Waals surface area contributed by atoms with Gasteiger partial charge in [-0.25, -0.2) is 0 Å². The summed E-state index contributed by atoms with van der Waals surface area (Å²) < 4.78 is 0. The van der Waals surface area contributed by atoms with Crippen molar-refractivity contribution in [3.63, 3.8) is 0 Å².